The van der Waals surface area contributed by atoms with Gasteiger partial charge in [0.15, 0.2) is 0 Å². The minimum Gasteiger partial charge on any atom is -0.481 e. The van der Waals surface area contributed by atoms with Crippen LogP contribution >= 0.6 is 11.3 Å². The van der Waals surface area contributed by atoms with Crippen molar-refractivity contribution in [2.75, 3.05) is 13.1 Å². The molecule has 134 valence electrons. The molecular weight excluding hydrogens is 342 g/mol. The van der Waals surface area contributed by atoms with Gasteiger partial charge in [0.2, 0.25) is 0 Å². The SMILES string of the molecule is Cc1ccccc1C(c1csc2ccccc12)N1CCC(C(=O)O)CC1. The smallest absolute Gasteiger partial charge is 0.306 e. The van der Waals surface area contributed by atoms with Gasteiger partial charge in [-0.2, -0.15) is 0 Å². The van der Waals surface area contributed by atoms with Crippen molar-refractivity contribution in [3.63, 3.8) is 0 Å². The molecule has 1 saturated heterocycles. The van der Waals surface area contributed by atoms with Crippen LogP contribution in [-0.4, -0.2) is 29.1 Å². The van der Waals surface area contributed by atoms with Crippen molar-refractivity contribution < 1.29 is 9.90 Å². The largest absolute Gasteiger partial charge is 0.481 e. The van der Waals surface area contributed by atoms with Crippen LogP contribution < -0.4 is 0 Å². The summed E-state index contributed by atoms with van der Waals surface area (Å²) in [6.07, 6.45) is 1.44. The van der Waals surface area contributed by atoms with Gasteiger partial charge in [-0.05, 0) is 66.4 Å². The van der Waals surface area contributed by atoms with E-state index in [1.807, 2.05) is 0 Å². The van der Waals surface area contributed by atoms with E-state index in [-0.39, 0.29) is 12.0 Å². The Morgan fingerprint density at radius 2 is 1.77 bits per heavy atom. The van der Waals surface area contributed by atoms with E-state index in [2.05, 4.69) is 65.7 Å². The van der Waals surface area contributed by atoms with Crippen molar-refractivity contribution in [1.29, 1.82) is 0 Å². The molecule has 1 aliphatic heterocycles. The Kier molecular flexibility index (Phi) is 4.79. The predicted octanol–water partition coefficient (Wildman–Crippen LogP) is 5.10. The minimum absolute atomic E-state index is 0.182. The second-order valence-corrected chi connectivity index (χ2v) is 8.01. The molecular formula is C22H23NO2S. The van der Waals surface area contributed by atoms with Crippen molar-refractivity contribution in [1.82, 2.24) is 4.90 Å². The lowest BCUT2D eigenvalue weighted by molar-refractivity contribution is -0.143. The summed E-state index contributed by atoms with van der Waals surface area (Å²) >= 11 is 1.79. The highest BCUT2D eigenvalue weighted by atomic mass is 32.1. The van der Waals surface area contributed by atoms with Gasteiger partial charge >= 0.3 is 5.97 Å². The Morgan fingerprint density at radius 3 is 2.50 bits per heavy atom. The Balaban J connectivity index is 1.76. The summed E-state index contributed by atoms with van der Waals surface area (Å²) in [5.74, 6) is -0.860. The first-order valence-corrected chi connectivity index (χ1v) is 10.0. The number of piperidine rings is 1. The second kappa shape index (κ2) is 7.22. The van der Waals surface area contributed by atoms with E-state index in [1.165, 1.54) is 26.8 Å². The molecule has 1 N–H and O–H groups in total. The van der Waals surface area contributed by atoms with E-state index in [4.69, 9.17) is 0 Å². The molecule has 0 aliphatic carbocycles. The monoisotopic (exact) mass is 365 g/mol. The van der Waals surface area contributed by atoms with Crippen molar-refractivity contribution in [2.45, 2.75) is 25.8 Å². The number of aryl methyl sites for hydroxylation is 1. The van der Waals surface area contributed by atoms with Crippen LogP contribution in [0.25, 0.3) is 10.1 Å². The Labute approximate surface area is 157 Å². The molecule has 4 rings (SSSR count). The molecule has 3 nitrogen and oxygen atoms in total. The third kappa shape index (κ3) is 3.15. The molecule has 26 heavy (non-hydrogen) atoms. The normalized spacial score (nSPS) is 17.4. The fourth-order valence-electron chi connectivity index (χ4n) is 4.07. The van der Waals surface area contributed by atoms with Gasteiger partial charge in [-0.3, -0.25) is 9.69 Å². The molecule has 4 heteroatoms. The first kappa shape index (κ1) is 17.3. The molecule has 2 heterocycles. The van der Waals surface area contributed by atoms with Crippen LogP contribution in [0.4, 0.5) is 0 Å². The van der Waals surface area contributed by atoms with E-state index in [0.717, 1.165) is 25.9 Å². The average Bonchev–Trinajstić information content (AvgIpc) is 3.08. The lowest BCUT2D eigenvalue weighted by atomic mass is 9.89. The number of fused-ring (bicyclic) bond motifs is 1. The van der Waals surface area contributed by atoms with Crippen LogP contribution in [-0.2, 0) is 4.79 Å². The maximum Gasteiger partial charge on any atom is 0.306 e. The zero-order valence-corrected chi connectivity index (χ0v) is 15.7. The molecule has 2 aromatic carbocycles. The lowest BCUT2D eigenvalue weighted by Crippen LogP contribution is -2.39. The minimum atomic E-state index is -0.655. The van der Waals surface area contributed by atoms with Crippen LogP contribution in [0, 0.1) is 12.8 Å². The molecule has 0 radical (unpaired) electrons. The zero-order valence-electron chi connectivity index (χ0n) is 14.9. The fourth-order valence-corrected chi connectivity index (χ4v) is 5.05. The number of likely N-dealkylation sites (tertiary alicyclic amines) is 1. The molecule has 3 aromatic rings. The summed E-state index contributed by atoms with van der Waals surface area (Å²) in [4.78, 5) is 13.8. The number of thiophene rings is 1. The van der Waals surface area contributed by atoms with Crippen molar-refractivity contribution >= 4 is 27.4 Å². The summed E-state index contributed by atoms with van der Waals surface area (Å²) in [6.45, 7) is 3.81. The number of nitrogens with zero attached hydrogens (tertiary/aromatic N) is 1. The highest BCUT2D eigenvalue weighted by Crippen LogP contribution is 2.39. The number of hydrogen-bond donors (Lipinski definition) is 1. The van der Waals surface area contributed by atoms with Gasteiger partial charge < -0.3 is 5.11 Å². The van der Waals surface area contributed by atoms with Crippen molar-refractivity contribution in [2.24, 2.45) is 5.92 Å². The summed E-state index contributed by atoms with van der Waals surface area (Å²) in [5, 5.41) is 12.9. The first-order valence-electron chi connectivity index (χ1n) is 9.13. The summed E-state index contributed by atoms with van der Waals surface area (Å²) in [6, 6.07) is 17.3. The van der Waals surface area contributed by atoms with Gasteiger partial charge in [0.1, 0.15) is 0 Å². The maximum absolute atomic E-state index is 11.3. The highest BCUT2D eigenvalue weighted by Gasteiger charge is 2.31. The van der Waals surface area contributed by atoms with Crippen LogP contribution in [0.15, 0.2) is 53.9 Å². The van der Waals surface area contributed by atoms with Crippen LogP contribution in [0.1, 0.15) is 35.6 Å². The van der Waals surface area contributed by atoms with Crippen LogP contribution in [0.3, 0.4) is 0 Å². The van der Waals surface area contributed by atoms with Gasteiger partial charge in [0.25, 0.3) is 0 Å². The third-order valence-corrected chi connectivity index (χ3v) is 6.51. The number of carboxylic acid groups (broad SMARTS) is 1. The molecule has 0 bridgehead atoms. The van der Waals surface area contributed by atoms with Crippen LogP contribution in [0.5, 0.6) is 0 Å². The molecule has 0 amide bonds. The van der Waals surface area contributed by atoms with Gasteiger partial charge in [0.05, 0.1) is 12.0 Å². The van der Waals surface area contributed by atoms with E-state index >= 15 is 0 Å². The van der Waals surface area contributed by atoms with E-state index in [9.17, 15) is 9.90 Å². The standard InChI is InChI=1S/C22H23NO2S/c1-15-6-2-3-7-17(15)21(23-12-10-16(11-13-23)22(24)25)19-14-26-20-9-5-4-8-18(19)20/h2-9,14,16,21H,10-13H2,1H3,(H,24,25). The number of carbonyl (C=O) groups is 1. The van der Waals surface area contributed by atoms with Gasteiger partial charge in [-0.1, -0.05) is 42.5 Å². The molecule has 0 saturated carbocycles. The van der Waals surface area contributed by atoms with Crippen molar-refractivity contribution in [3.8, 4) is 0 Å². The topological polar surface area (TPSA) is 40.5 Å². The van der Waals surface area contributed by atoms with Gasteiger partial charge in [-0.25, -0.2) is 0 Å². The maximum atomic E-state index is 11.3. The summed E-state index contributed by atoms with van der Waals surface area (Å²) in [7, 11) is 0. The quantitative estimate of drug-likeness (QED) is 0.699. The fraction of sp³-hybridized carbons (Fsp3) is 0.318. The number of hydrogen-bond acceptors (Lipinski definition) is 3. The molecule has 1 aliphatic rings. The number of rotatable bonds is 4. The predicted molar refractivity (Wildman–Crippen MR) is 107 cm³/mol. The summed E-state index contributed by atoms with van der Waals surface area (Å²) in [5.41, 5.74) is 3.95. The third-order valence-electron chi connectivity index (χ3n) is 5.53. The van der Waals surface area contributed by atoms with Gasteiger partial charge in [0, 0.05) is 4.70 Å². The molecule has 1 unspecified atom stereocenters. The molecule has 1 atom stereocenters. The number of benzene rings is 2. The number of carboxylic acids is 1. The molecule has 1 fully saturated rings. The van der Waals surface area contributed by atoms with Gasteiger partial charge in [-0.15, -0.1) is 11.3 Å². The second-order valence-electron chi connectivity index (χ2n) is 7.09. The lowest BCUT2D eigenvalue weighted by Gasteiger charge is -2.37. The van der Waals surface area contributed by atoms with Crippen molar-refractivity contribution in [3.05, 3.63) is 70.6 Å². The average molecular weight is 365 g/mol. The Morgan fingerprint density at radius 1 is 1.08 bits per heavy atom. The summed E-state index contributed by atoms with van der Waals surface area (Å²) < 4.78 is 1.31. The van der Waals surface area contributed by atoms with Crippen LogP contribution in [0.2, 0.25) is 0 Å². The van der Waals surface area contributed by atoms with E-state index in [0.29, 0.717) is 0 Å². The number of aliphatic carboxylic acids is 1. The molecule has 1 aromatic heterocycles. The zero-order chi connectivity index (χ0) is 18.1. The van der Waals surface area contributed by atoms with E-state index in [1.54, 1.807) is 11.3 Å². The highest BCUT2D eigenvalue weighted by molar-refractivity contribution is 7.17. The Hall–Kier alpha value is -2.17. The molecule has 0 spiro atoms. The van der Waals surface area contributed by atoms with E-state index < -0.39 is 5.97 Å². The first-order chi connectivity index (χ1) is 12.6. The Bertz CT molecular complexity index is 925.